The summed E-state index contributed by atoms with van der Waals surface area (Å²) in [4.78, 5) is 0. The van der Waals surface area contributed by atoms with Crippen LogP contribution in [0.1, 0.15) is 29.7 Å². The summed E-state index contributed by atoms with van der Waals surface area (Å²) in [5.74, 6) is 1.55. The monoisotopic (exact) mass is 271 g/mol. The van der Waals surface area contributed by atoms with Crippen molar-refractivity contribution in [1.82, 2.24) is 0 Å². The molecule has 2 aromatic carbocycles. The Balaban J connectivity index is 2.16. The van der Waals surface area contributed by atoms with Crippen LogP contribution in [0.25, 0.3) is 0 Å². The van der Waals surface area contributed by atoms with Gasteiger partial charge >= 0.3 is 0 Å². The molecular weight excluding hydrogens is 250 g/mol. The van der Waals surface area contributed by atoms with Crippen LogP contribution in [0.2, 0.25) is 0 Å². The fraction of sp³-hybridized carbons (Fsp3) is 0.294. The van der Waals surface area contributed by atoms with E-state index in [1.54, 1.807) is 7.11 Å². The number of methoxy groups -OCH3 is 1. The minimum Gasteiger partial charge on any atom is -0.497 e. The summed E-state index contributed by atoms with van der Waals surface area (Å²) in [6.07, 6.45) is 0. The van der Waals surface area contributed by atoms with Crippen LogP contribution in [-0.4, -0.2) is 7.11 Å². The van der Waals surface area contributed by atoms with Crippen molar-refractivity contribution < 1.29 is 9.47 Å². The van der Waals surface area contributed by atoms with Crippen molar-refractivity contribution in [3.8, 4) is 11.5 Å². The molecule has 0 radical (unpaired) electrons. The van der Waals surface area contributed by atoms with Crippen molar-refractivity contribution in [2.24, 2.45) is 5.73 Å². The van der Waals surface area contributed by atoms with Crippen LogP contribution in [0.15, 0.2) is 42.5 Å². The molecule has 106 valence electrons. The maximum absolute atomic E-state index is 5.97. The standard InChI is InChI=1S/C17H21NO2/c1-12-4-6-14(7-5-12)11-20-17-10-15(19-3)8-9-16(17)13(2)18/h4-10,13H,11,18H2,1-3H3/t13-/m0/s1. The number of nitrogens with two attached hydrogens (primary N) is 1. The molecule has 0 aliphatic carbocycles. The van der Waals surface area contributed by atoms with Crippen LogP contribution in [0.3, 0.4) is 0 Å². The zero-order valence-corrected chi connectivity index (χ0v) is 12.2. The first-order valence-corrected chi connectivity index (χ1v) is 6.72. The molecule has 0 spiro atoms. The lowest BCUT2D eigenvalue weighted by Gasteiger charge is -2.15. The first kappa shape index (κ1) is 14.4. The fourth-order valence-electron chi connectivity index (χ4n) is 1.99. The Morgan fingerprint density at radius 1 is 1.10 bits per heavy atom. The molecule has 0 bridgehead atoms. The Labute approximate surface area is 120 Å². The molecule has 0 heterocycles. The predicted molar refractivity (Wildman–Crippen MR) is 81.1 cm³/mol. The number of hydrogen-bond acceptors (Lipinski definition) is 3. The summed E-state index contributed by atoms with van der Waals surface area (Å²) < 4.78 is 11.1. The quantitative estimate of drug-likeness (QED) is 0.903. The first-order chi connectivity index (χ1) is 9.60. The van der Waals surface area contributed by atoms with E-state index in [4.69, 9.17) is 15.2 Å². The Kier molecular flexibility index (Phi) is 4.64. The molecule has 20 heavy (non-hydrogen) atoms. The molecule has 0 fully saturated rings. The molecule has 0 aliphatic heterocycles. The normalized spacial score (nSPS) is 12.0. The number of ether oxygens (including phenoxy) is 2. The van der Waals surface area contributed by atoms with Gasteiger partial charge in [-0.2, -0.15) is 0 Å². The van der Waals surface area contributed by atoms with Crippen LogP contribution >= 0.6 is 0 Å². The third kappa shape index (κ3) is 3.52. The SMILES string of the molecule is COc1ccc([C@H](C)N)c(OCc2ccc(C)cc2)c1. The van der Waals surface area contributed by atoms with Crippen molar-refractivity contribution in [1.29, 1.82) is 0 Å². The summed E-state index contributed by atoms with van der Waals surface area (Å²) >= 11 is 0. The van der Waals surface area contributed by atoms with Crippen LogP contribution in [0.5, 0.6) is 11.5 Å². The second-order valence-electron chi connectivity index (χ2n) is 4.97. The van der Waals surface area contributed by atoms with E-state index in [0.717, 1.165) is 22.6 Å². The average Bonchev–Trinajstić information content (AvgIpc) is 2.46. The van der Waals surface area contributed by atoms with Gasteiger partial charge in [-0.25, -0.2) is 0 Å². The van der Waals surface area contributed by atoms with Crippen LogP contribution in [0.4, 0.5) is 0 Å². The van der Waals surface area contributed by atoms with E-state index < -0.39 is 0 Å². The Bertz CT molecular complexity index is 562. The van der Waals surface area contributed by atoms with E-state index in [9.17, 15) is 0 Å². The lowest BCUT2D eigenvalue weighted by molar-refractivity contribution is 0.299. The van der Waals surface area contributed by atoms with Crippen molar-refractivity contribution in [3.05, 3.63) is 59.2 Å². The molecule has 3 heteroatoms. The molecule has 3 nitrogen and oxygen atoms in total. The molecule has 2 rings (SSSR count). The highest BCUT2D eigenvalue weighted by molar-refractivity contribution is 5.42. The number of rotatable bonds is 5. The molecule has 0 amide bonds. The Morgan fingerprint density at radius 2 is 1.80 bits per heavy atom. The summed E-state index contributed by atoms with van der Waals surface area (Å²) in [5.41, 5.74) is 9.33. The summed E-state index contributed by atoms with van der Waals surface area (Å²) in [6.45, 7) is 4.54. The van der Waals surface area contributed by atoms with Gasteiger partial charge in [-0.1, -0.05) is 35.9 Å². The molecular formula is C17H21NO2. The van der Waals surface area contributed by atoms with Crippen LogP contribution in [0, 0.1) is 6.92 Å². The highest BCUT2D eigenvalue weighted by atomic mass is 16.5. The molecule has 1 atom stereocenters. The van der Waals surface area contributed by atoms with Gasteiger partial charge in [0.25, 0.3) is 0 Å². The summed E-state index contributed by atoms with van der Waals surface area (Å²) in [6, 6.07) is 14.0. The Hall–Kier alpha value is -2.00. The van der Waals surface area contributed by atoms with Gasteiger partial charge in [0.05, 0.1) is 7.11 Å². The molecule has 0 aromatic heterocycles. The minimum atomic E-state index is -0.0751. The fourth-order valence-corrected chi connectivity index (χ4v) is 1.99. The second-order valence-corrected chi connectivity index (χ2v) is 4.97. The molecule has 2 N–H and O–H groups in total. The second kappa shape index (κ2) is 6.44. The molecule has 0 saturated carbocycles. The highest BCUT2D eigenvalue weighted by Crippen LogP contribution is 2.29. The molecule has 0 saturated heterocycles. The smallest absolute Gasteiger partial charge is 0.128 e. The lowest BCUT2D eigenvalue weighted by Crippen LogP contribution is -2.08. The van der Waals surface area contributed by atoms with Gasteiger partial charge in [-0.15, -0.1) is 0 Å². The van der Waals surface area contributed by atoms with Crippen molar-refractivity contribution in [2.75, 3.05) is 7.11 Å². The van der Waals surface area contributed by atoms with E-state index in [2.05, 4.69) is 31.2 Å². The highest BCUT2D eigenvalue weighted by Gasteiger charge is 2.10. The predicted octanol–water partition coefficient (Wildman–Crippen LogP) is 3.60. The zero-order valence-electron chi connectivity index (χ0n) is 12.2. The van der Waals surface area contributed by atoms with Crippen molar-refractivity contribution in [3.63, 3.8) is 0 Å². The lowest BCUT2D eigenvalue weighted by atomic mass is 10.1. The van der Waals surface area contributed by atoms with Crippen LogP contribution < -0.4 is 15.2 Å². The largest absolute Gasteiger partial charge is 0.497 e. The van der Waals surface area contributed by atoms with Gasteiger partial charge in [0.1, 0.15) is 18.1 Å². The van der Waals surface area contributed by atoms with E-state index in [0.29, 0.717) is 6.61 Å². The maximum atomic E-state index is 5.97. The maximum Gasteiger partial charge on any atom is 0.128 e. The molecule has 0 aliphatic rings. The van der Waals surface area contributed by atoms with Gasteiger partial charge in [-0.3, -0.25) is 0 Å². The van der Waals surface area contributed by atoms with Gasteiger partial charge < -0.3 is 15.2 Å². The van der Waals surface area contributed by atoms with E-state index in [-0.39, 0.29) is 6.04 Å². The van der Waals surface area contributed by atoms with Crippen molar-refractivity contribution in [2.45, 2.75) is 26.5 Å². The number of aryl methyl sites for hydroxylation is 1. The number of benzene rings is 2. The molecule has 2 aromatic rings. The Morgan fingerprint density at radius 3 is 2.40 bits per heavy atom. The summed E-state index contributed by atoms with van der Waals surface area (Å²) in [5, 5.41) is 0. The van der Waals surface area contributed by atoms with Crippen molar-refractivity contribution >= 4 is 0 Å². The third-order valence-corrected chi connectivity index (χ3v) is 3.23. The average molecular weight is 271 g/mol. The van der Waals surface area contributed by atoms with Gasteiger partial charge in [-0.05, 0) is 25.5 Å². The first-order valence-electron chi connectivity index (χ1n) is 6.72. The van der Waals surface area contributed by atoms with E-state index in [1.165, 1.54) is 5.56 Å². The van der Waals surface area contributed by atoms with E-state index >= 15 is 0 Å². The van der Waals surface area contributed by atoms with E-state index in [1.807, 2.05) is 25.1 Å². The molecule has 0 unspecified atom stereocenters. The topological polar surface area (TPSA) is 44.5 Å². The van der Waals surface area contributed by atoms with Gasteiger partial charge in [0, 0.05) is 17.7 Å². The minimum absolute atomic E-state index is 0.0751. The van der Waals surface area contributed by atoms with Gasteiger partial charge in [0.2, 0.25) is 0 Å². The zero-order chi connectivity index (χ0) is 14.5. The van der Waals surface area contributed by atoms with Gasteiger partial charge in [0.15, 0.2) is 0 Å². The number of hydrogen-bond donors (Lipinski definition) is 1. The third-order valence-electron chi connectivity index (χ3n) is 3.23. The van der Waals surface area contributed by atoms with Crippen LogP contribution in [-0.2, 0) is 6.61 Å². The summed E-state index contributed by atoms with van der Waals surface area (Å²) in [7, 11) is 1.64.